The highest BCUT2D eigenvalue weighted by molar-refractivity contribution is 6.36. The van der Waals surface area contributed by atoms with Crippen LogP contribution in [0.15, 0.2) is 54.7 Å². The van der Waals surface area contributed by atoms with Gasteiger partial charge in [0.2, 0.25) is 5.78 Å². The standard InChI is InChI=1S/C16H11NO2/c18-10-16(19)14-9-17-15-8-12(6-7-13(14)15)11-4-2-1-3-5-11/h1-10,17H. The monoisotopic (exact) mass is 249 g/mol. The van der Waals surface area contributed by atoms with E-state index < -0.39 is 5.78 Å². The molecule has 0 amide bonds. The summed E-state index contributed by atoms with van der Waals surface area (Å²) in [6, 6.07) is 15.8. The zero-order valence-electron chi connectivity index (χ0n) is 10.1. The molecular formula is C16H11NO2. The number of hydrogen-bond donors (Lipinski definition) is 1. The number of benzene rings is 2. The number of carbonyl (C=O) groups excluding carboxylic acids is 2. The van der Waals surface area contributed by atoms with E-state index in [2.05, 4.69) is 4.98 Å². The fourth-order valence-electron chi connectivity index (χ4n) is 2.20. The van der Waals surface area contributed by atoms with Gasteiger partial charge in [-0.15, -0.1) is 0 Å². The van der Waals surface area contributed by atoms with Crippen molar-refractivity contribution in [3.05, 3.63) is 60.3 Å². The molecule has 0 aliphatic rings. The Balaban J connectivity index is 2.13. The van der Waals surface area contributed by atoms with E-state index in [1.165, 1.54) is 0 Å². The van der Waals surface area contributed by atoms with Crippen LogP contribution in [0.25, 0.3) is 22.0 Å². The second-order valence-corrected chi connectivity index (χ2v) is 4.31. The van der Waals surface area contributed by atoms with Crippen LogP contribution in [0, 0.1) is 0 Å². The molecule has 0 spiro atoms. The van der Waals surface area contributed by atoms with Crippen LogP contribution in [0.4, 0.5) is 0 Å². The molecule has 0 saturated carbocycles. The minimum absolute atomic E-state index is 0.341. The largest absolute Gasteiger partial charge is 0.360 e. The van der Waals surface area contributed by atoms with Crippen LogP contribution in [0.5, 0.6) is 0 Å². The first-order valence-electron chi connectivity index (χ1n) is 5.95. The Morgan fingerprint density at radius 2 is 1.79 bits per heavy atom. The van der Waals surface area contributed by atoms with Crippen molar-refractivity contribution >= 4 is 23.0 Å². The Labute approximate surface area is 109 Å². The molecule has 19 heavy (non-hydrogen) atoms. The number of carbonyl (C=O) groups is 2. The van der Waals surface area contributed by atoms with Crippen LogP contribution in [0.1, 0.15) is 10.4 Å². The van der Waals surface area contributed by atoms with Crippen LogP contribution in [-0.4, -0.2) is 17.1 Å². The molecule has 1 heterocycles. The quantitative estimate of drug-likeness (QED) is 0.440. The average molecular weight is 249 g/mol. The van der Waals surface area contributed by atoms with Gasteiger partial charge in [-0.25, -0.2) is 0 Å². The third-order valence-electron chi connectivity index (χ3n) is 3.16. The average Bonchev–Trinajstić information content (AvgIpc) is 2.90. The van der Waals surface area contributed by atoms with Gasteiger partial charge in [-0.05, 0) is 17.2 Å². The summed E-state index contributed by atoms with van der Waals surface area (Å²) in [6.07, 6.45) is 1.92. The molecule has 0 unspecified atom stereocenters. The van der Waals surface area contributed by atoms with Crippen LogP contribution < -0.4 is 0 Å². The first-order chi connectivity index (χ1) is 9.29. The van der Waals surface area contributed by atoms with Crippen molar-refractivity contribution in [1.82, 2.24) is 4.98 Å². The Morgan fingerprint density at radius 3 is 2.53 bits per heavy atom. The predicted molar refractivity (Wildman–Crippen MR) is 74.1 cm³/mol. The summed E-state index contributed by atoms with van der Waals surface area (Å²) in [5.41, 5.74) is 3.46. The molecule has 0 aliphatic carbocycles. The zero-order valence-corrected chi connectivity index (χ0v) is 10.1. The molecule has 0 bridgehead atoms. The smallest absolute Gasteiger partial charge is 0.227 e. The van der Waals surface area contributed by atoms with Crippen molar-refractivity contribution in [2.24, 2.45) is 0 Å². The maximum atomic E-state index is 11.5. The summed E-state index contributed by atoms with van der Waals surface area (Å²) in [5.74, 6) is -0.501. The van der Waals surface area contributed by atoms with E-state index in [1.54, 1.807) is 6.20 Å². The SMILES string of the molecule is O=CC(=O)c1c[nH]c2cc(-c3ccccc3)ccc12. The number of aromatic amines is 1. The van der Waals surface area contributed by atoms with Gasteiger partial charge < -0.3 is 4.98 Å². The number of ketones is 1. The van der Waals surface area contributed by atoms with Gasteiger partial charge in [0.05, 0.1) is 5.56 Å². The first-order valence-corrected chi connectivity index (χ1v) is 5.95. The van der Waals surface area contributed by atoms with E-state index in [0.29, 0.717) is 11.8 Å². The highest BCUT2D eigenvalue weighted by Crippen LogP contribution is 2.25. The van der Waals surface area contributed by atoms with Crippen LogP contribution >= 0.6 is 0 Å². The van der Waals surface area contributed by atoms with Crippen molar-refractivity contribution < 1.29 is 9.59 Å². The molecule has 0 atom stereocenters. The summed E-state index contributed by atoms with van der Waals surface area (Å²) in [5, 5.41) is 0.775. The minimum atomic E-state index is -0.501. The van der Waals surface area contributed by atoms with Crippen LogP contribution in [0.3, 0.4) is 0 Å². The molecule has 0 aliphatic heterocycles. The molecule has 3 nitrogen and oxygen atoms in total. The molecule has 0 fully saturated rings. The third kappa shape index (κ3) is 1.95. The molecule has 0 saturated heterocycles. The molecule has 1 N–H and O–H groups in total. The fraction of sp³-hybridized carbons (Fsp3) is 0. The summed E-state index contributed by atoms with van der Waals surface area (Å²) >= 11 is 0. The molecule has 3 aromatic rings. The van der Waals surface area contributed by atoms with Crippen molar-refractivity contribution in [3.63, 3.8) is 0 Å². The van der Waals surface area contributed by atoms with Gasteiger partial charge in [-0.1, -0.05) is 42.5 Å². The van der Waals surface area contributed by atoms with Gasteiger partial charge in [-0.2, -0.15) is 0 Å². The van der Waals surface area contributed by atoms with Gasteiger partial charge in [0.15, 0.2) is 6.29 Å². The molecular weight excluding hydrogens is 238 g/mol. The van der Waals surface area contributed by atoms with Crippen LogP contribution in [0.2, 0.25) is 0 Å². The van der Waals surface area contributed by atoms with Crippen molar-refractivity contribution in [1.29, 1.82) is 0 Å². The lowest BCUT2D eigenvalue weighted by molar-refractivity contribution is -0.104. The van der Waals surface area contributed by atoms with Crippen molar-refractivity contribution in [3.8, 4) is 11.1 Å². The molecule has 92 valence electrons. The fourth-order valence-corrected chi connectivity index (χ4v) is 2.20. The molecule has 1 aromatic heterocycles. The number of H-pyrrole nitrogens is 1. The highest BCUT2D eigenvalue weighted by Gasteiger charge is 2.11. The second kappa shape index (κ2) is 4.53. The molecule has 3 heteroatoms. The Hall–Kier alpha value is -2.68. The normalized spacial score (nSPS) is 10.5. The molecule has 3 rings (SSSR count). The van der Waals surface area contributed by atoms with Gasteiger partial charge in [-0.3, -0.25) is 9.59 Å². The maximum absolute atomic E-state index is 11.5. The van der Waals surface area contributed by atoms with E-state index in [9.17, 15) is 9.59 Å². The van der Waals surface area contributed by atoms with Crippen molar-refractivity contribution in [2.45, 2.75) is 0 Å². The predicted octanol–water partition coefficient (Wildman–Crippen LogP) is 3.22. The maximum Gasteiger partial charge on any atom is 0.227 e. The Bertz CT molecular complexity index is 757. The summed E-state index contributed by atoms with van der Waals surface area (Å²) in [4.78, 5) is 25.1. The van der Waals surface area contributed by atoms with Crippen molar-refractivity contribution in [2.75, 3.05) is 0 Å². The topological polar surface area (TPSA) is 49.9 Å². The van der Waals surface area contributed by atoms with E-state index in [-0.39, 0.29) is 0 Å². The number of nitrogens with one attached hydrogen (secondary N) is 1. The zero-order chi connectivity index (χ0) is 13.2. The molecule has 2 aromatic carbocycles. The van der Waals surface area contributed by atoms with E-state index in [1.807, 2.05) is 48.5 Å². The number of rotatable bonds is 3. The summed E-state index contributed by atoms with van der Waals surface area (Å²) < 4.78 is 0. The number of Topliss-reactive ketones (excluding diaryl/α,β-unsaturated/α-hetero) is 1. The lowest BCUT2D eigenvalue weighted by Crippen LogP contribution is -1.97. The van der Waals surface area contributed by atoms with Gasteiger partial charge in [0.25, 0.3) is 0 Å². The van der Waals surface area contributed by atoms with E-state index >= 15 is 0 Å². The van der Waals surface area contributed by atoms with E-state index in [4.69, 9.17) is 0 Å². The number of aldehydes is 1. The number of fused-ring (bicyclic) bond motifs is 1. The lowest BCUT2D eigenvalue weighted by Gasteiger charge is -2.01. The van der Waals surface area contributed by atoms with E-state index in [0.717, 1.165) is 22.0 Å². The Kier molecular flexibility index (Phi) is 2.72. The van der Waals surface area contributed by atoms with Crippen LogP contribution in [-0.2, 0) is 4.79 Å². The van der Waals surface area contributed by atoms with Gasteiger partial charge in [0.1, 0.15) is 0 Å². The minimum Gasteiger partial charge on any atom is -0.360 e. The lowest BCUT2D eigenvalue weighted by atomic mass is 10.0. The Morgan fingerprint density at radius 1 is 1.00 bits per heavy atom. The highest BCUT2D eigenvalue weighted by atomic mass is 16.2. The van der Waals surface area contributed by atoms with Gasteiger partial charge in [0, 0.05) is 17.1 Å². The summed E-state index contributed by atoms with van der Waals surface area (Å²) in [6.45, 7) is 0. The molecule has 0 radical (unpaired) electrons. The summed E-state index contributed by atoms with van der Waals surface area (Å²) in [7, 11) is 0. The third-order valence-corrected chi connectivity index (χ3v) is 3.16. The van der Waals surface area contributed by atoms with Gasteiger partial charge >= 0.3 is 0 Å². The first kappa shape index (κ1) is 11.4. The number of aromatic nitrogens is 1. The second-order valence-electron chi connectivity index (χ2n) is 4.31. The number of hydrogen-bond acceptors (Lipinski definition) is 2.